The molecule has 0 bridgehead atoms. The van der Waals surface area contributed by atoms with E-state index >= 15 is 0 Å². The van der Waals surface area contributed by atoms with Crippen LogP contribution in [0.3, 0.4) is 0 Å². The maximum absolute atomic E-state index is 12.1. The van der Waals surface area contributed by atoms with Crippen LogP contribution in [-0.4, -0.2) is 24.2 Å². The molecule has 4 aromatic rings. The van der Waals surface area contributed by atoms with E-state index in [1.165, 1.54) is 37.9 Å². The first kappa shape index (κ1) is 19.7. The Balaban J connectivity index is 1.39. The summed E-state index contributed by atoms with van der Waals surface area (Å²) in [6.45, 7) is 0.998. The molecule has 0 heterocycles. The van der Waals surface area contributed by atoms with Gasteiger partial charge in [0.2, 0.25) is 5.91 Å². The van der Waals surface area contributed by atoms with Crippen molar-refractivity contribution >= 4 is 38.2 Å². The summed E-state index contributed by atoms with van der Waals surface area (Å²) in [4.78, 5) is 12.1. The molecular formula is C26H29NO2. The Morgan fingerprint density at radius 3 is 2.24 bits per heavy atom. The Morgan fingerprint density at radius 2 is 1.45 bits per heavy atom. The van der Waals surface area contributed by atoms with E-state index < -0.39 is 0 Å². The monoisotopic (exact) mass is 387 g/mol. The number of rotatable bonds is 10. The number of aliphatic hydroxyl groups is 1. The van der Waals surface area contributed by atoms with Crippen LogP contribution in [0.15, 0.2) is 54.6 Å². The molecule has 29 heavy (non-hydrogen) atoms. The molecular weight excluding hydrogens is 358 g/mol. The highest BCUT2D eigenvalue weighted by molar-refractivity contribution is 6.23. The molecule has 0 saturated heterocycles. The summed E-state index contributed by atoms with van der Waals surface area (Å²) in [5, 5.41) is 19.7. The van der Waals surface area contributed by atoms with Gasteiger partial charge in [-0.1, -0.05) is 67.4 Å². The zero-order valence-corrected chi connectivity index (χ0v) is 16.9. The molecule has 0 unspecified atom stereocenters. The third-order valence-electron chi connectivity index (χ3n) is 5.88. The van der Waals surface area contributed by atoms with Crippen molar-refractivity contribution in [1.29, 1.82) is 0 Å². The first-order valence-electron chi connectivity index (χ1n) is 10.8. The van der Waals surface area contributed by atoms with Crippen LogP contribution >= 0.6 is 0 Å². The summed E-state index contributed by atoms with van der Waals surface area (Å²) in [5.74, 6) is 0.143. The largest absolute Gasteiger partial charge is 0.396 e. The van der Waals surface area contributed by atoms with Crippen LogP contribution in [0.5, 0.6) is 0 Å². The highest BCUT2D eigenvalue weighted by Crippen LogP contribution is 2.36. The smallest absolute Gasteiger partial charge is 0.220 e. The maximum atomic E-state index is 12.1. The van der Waals surface area contributed by atoms with Gasteiger partial charge in [-0.15, -0.1) is 0 Å². The number of benzene rings is 4. The van der Waals surface area contributed by atoms with Crippen LogP contribution in [0.4, 0.5) is 0 Å². The van der Waals surface area contributed by atoms with Gasteiger partial charge in [0.1, 0.15) is 0 Å². The van der Waals surface area contributed by atoms with Gasteiger partial charge in [-0.25, -0.2) is 0 Å². The molecule has 4 aromatic carbocycles. The summed E-state index contributed by atoms with van der Waals surface area (Å²) in [5.41, 5.74) is 1.33. The third-order valence-corrected chi connectivity index (χ3v) is 5.88. The number of aliphatic hydroxyl groups excluding tert-OH is 1. The number of nitrogens with one attached hydrogen (secondary N) is 1. The molecule has 0 aliphatic heterocycles. The second kappa shape index (κ2) is 9.23. The number of carbonyl (C=O) groups excluding carboxylic acids is 1. The van der Waals surface area contributed by atoms with Crippen LogP contribution < -0.4 is 5.32 Å². The van der Waals surface area contributed by atoms with Gasteiger partial charge < -0.3 is 10.4 Å². The van der Waals surface area contributed by atoms with Crippen LogP contribution in [0.2, 0.25) is 0 Å². The van der Waals surface area contributed by atoms with Crippen LogP contribution in [0.25, 0.3) is 32.3 Å². The zero-order valence-electron chi connectivity index (χ0n) is 16.9. The van der Waals surface area contributed by atoms with Gasteiger partial charge in [0.25, 0.3) is 0 Å². The van der Waals surface area contributed by atoms with Gasteiger partial charge in [0, 0.05) is 19.6 Å². The van der Waals surface area contributed by atoms with Gasteiger partial charge in [-0.3, -0.25) is 4.79 Å². The molecule has 0 radical (unpaired) electrons. The lowest BCUT2D eigenvalue weighted by atomic mass is 9.90. The summed E-state index contributed by atoms with van der Waals surface area (Å²) < 4.78 is 0. The van der Waals surface area contributed by atoms with Crippen molar-refractivity contribution in [3.8, 4) is 0 Å². The van der Waals surface area contributed by atoms with Crippen LogP contribution in [-0.2, 0) is 11.2 Å². The molecule has 0 aliphatic carbocycles. The van der Waals surface area contributed by atoms with Crippen molar-refractivity contribution < 1.29 is 9.90 Å². The molecule has 1 amide bonds. The van der Waals surface area contributed by atoms with E-state index in [1.54, 1.807) is 0 Å². The SMILES string of the molecule is O=C(CCCc1ccc2ccc3cccc4ccc1c2c34)NCCCCCCO. The van der Waals surface area contributed by atoms with E-state index in [0.717, 1.165) is 45.1 Å². The van der Waals surface area contributed by atoms with Gasteiger partial charge in [0.05, 0.1) is 0 Å². The number of aryl methyl sites for hydroxylation is 1. The summed E-state index contributed by atoms with van der Waals surface area (Å²) in [6, 6.07) is 19.8. The molecule has 3 nitrogen and oxygen atoms in total. The quantitative estimate of drug-likeness (QED) is 0.276. The highest BCUT2D eigenvalue weighted by atomic mass is 16.2. The fourth-order valence-corrected chi connectivity index (χ4v) is 4.36. The maximum Gasteiger partial charge on any atom is 0.220 e. The molecule has 0 atom stereocenters. The minimum atomic E-state index is 0.143. The van der Waals surface area contributed by atoms with Crippen molar-refractivity contribution in [1.82, 2.24) is 5.32 Å². The normalized spacial score (nSPS) is 11.6. The average molecular weight is 388 g/mol. The third kappa shape index (κ3) is 4.35. The molecule has 4 rings (SSSR count). The number of amides is 1. The lowest BCUT2D eigenvalue weighted by Crippen LogP contribution is -2.24. The van der Waals surface area contributed by atoms with E-state index in [9.17, 15) is 4.79 Å². The highest BCUT2D eigenvalue weighted by Gasteiger charge is 2.11. The average Bonchev–Trinajstić information content (AvgIpc) is 2.75. The molecule has 150 valence electrons. The van der Waals surface area contributed by atoms with Crippen LogP contribution in [0.1, 0.15) is 44.1 Å². The van der Waals surface area contributed by atoms with Crippen molar-refractivity contribution in [3.05, 3.63) is 60.2 Å². The molecule has 0 aromatic heterocycles. The second-order valence-electron chi connectivity index (χ2n) is 7.92. The van der Waals surface area contributed by atoms with Crippen molar-refractivity contribution in [2.45, 2.75) is 44.9 Å². The number of hydrogen-bond donors (Lipinski definition) is 2. The van der Waals surface area contributed by atoms with Gasteiger partial charge in [0.15, 0.2) is 0 Å². The summed E-state index contributed by atoms with van der Waals surface area (Å²) in [6.07, 6.45) is 6.27. The predicted molar refractivity (Wildman–Crippen MR) is 122 cm³/mol. The van der Waals surface area contributed by atoms with Crippen molar-refractivity contribution in [2.75, 3.05) is 13.2 Å². The van der Waals surface area contributed by atoms with Gasteiger partial charge >= 0.3 is 0 Å². The van der Waals surface area contributed by atoms with Gasteiger partial charge in [-0.05, 0) is 63.6 Å². The Morgan fingerprint density at radius 1 is 0.759 bits per heavy atom. The molecule has 0 aliphatic rings. The minimum absolute atomic E-state index is 0.143. The number of unbranched alkanes of at least 4 members (excludes halogenated alkanes) is 3. The Kier molecular flexibility index (Phi) is 6.26. The zero-order chi connectivity index (χ0) is 20.1. The number of carbonyl (C=O) groups is 1. The van der Waals surface area contributed by atoms with E-state index in [2.05, 4.69) is 59.9 Å². The fourth-order valence-electron chi connectivity index (χ4n) is 4.36. The topological polar surface area (TPSA) is 49.3 Å². The first-order chi connectivity index (χ1) is 14.3. The molecule has 3 heteroatoms. The summed E-state index contributed by atoms with van der Waals surface area (Å²) >= 11 is 0. The fraction of sp³-hybridized carbons (Fsp3) is 0.346. The van der Waals surface area contributed by atoms with E-state index in [0.29, 0.717) is 6.42 Å². The van der Waals surface area contributed by atoms with E-state index in [4.69, 9.17) is 5.11 Å². The standard InChI is InChI=1S/C26H29NO2/c28-18-4-2-1-3-17-27-24(29)10-6-7-19-11-12-22-14-13-20-8-5-9-21-15-16-23(19)26(22)25(20)21/h5,8-9,11-16,28H,1-4,6-7,10,17-18H2,(H,27,29). The van der Waals surface area contributed by atoms with Crippen molar-refractivity contribution in [3.63, 3.8) is 0 Å². The molecule has 0 saturated carbocycles. The van der Waals surface area contributed by atoms with E-state index in [-0.39, 0.29) is 12.5 Å². The lowest BCUT2D eigenvalue weighted by Gasteiger charge is -2.14. The van der Waals surface area contributed by atoms with Gasteiger partial charge in [-0.2, -0.15) is 0 Å². The Labute approximate surface area is 172 Å². The molecule has 0 fully saturated rings. The van der Waals surface area contributed by atoms with Crippen molar-refractivity contribution in [2.24, 2.45) is 0 Å². The van der Waals surface area contributed by atoms with Crippen LogP contribution in [0, 0.1) is 0 Å². The second-order valence-corrected chi connectivity index (χ2v) is 7.92. The Bertz CT molecular complexity index is 1090. The lowest BCUT2D eigenvalue weighted by molar-refractivity contribution is -0.121. The predicted octanol–water partition coefficient (Wildman–Crippen LogP) is 5.58. The Hall–Kier alpha value is -2.65. The number of hydrogen-bond acceptors (Lipinski definition) is 2. The summed E-state index contributed by atoms with van der Waals surface area (Å²) in [7, 11) is 0. The first-order valence-corrected chi connectivity index (χ1v) is 10.8. The molecule has 2 N–H and O–H groups in total. The molecule has 0 spiro atoms. The minimum Gasteiger partial charge on any atom is -0.396 e. The van der Waals surface area contributed by atoms with E-state index in [1.807, 2.05) is 0 Å².